The fourth-order valence-electron chi connectivity index (χ4n) is 1.92. The predicted molar refractivity (Wildman–Crippen MR) is 81.8 cm³/mol. The van der Waals surface area contributed by atoms with E-state index in [2.05, 4.69) is 16.9 Å². The lowest BCUT2D eigenvalue weighted by molar-refractivity contribution is 0.0521. The van der Waals surface area contributed by atoms with Crippen LogP contribution in [0.15, 0.2) is 0 Å². The smallest absolute Gasteiger partial charge is 0.407 e. The number of carbonyl (C=O) groups excluding carboxylic acids is 1. The SMILES string of the molecule is CSCCCNC(CNC(=O)OC(C)(C)C)C1CC1. The molecular formula is C14H28N2O2S. The van der Waals surface area contributed by atoms with E-state index < -0.39 is 5.60 Å². The first-order chi connectivity index (χ1) is 8.92. The van der Waals surface area contributed by atoms with Crippen LogP contribution in [0.5, 0.6) is 0 Å². The Hall–Kier alpha value is -0.420. The molecule has 0 heterocycles. The summed E-state index contributed by atoms with van der Waals surface area (Å²) >= 11 is 1.87. The molecule has 0 aromatic heterocycles. The fourth-order valence-corrected chi connectivity index (χ4v) is 2.35. The minimum absolute atomic E-state index is 0.316. The van der Waals surface area contributed by atoms with Crippen LogP contribution in [0.1, 0.15) is 40.0 Å². The lowest BCUT2D eigenvalue weighted by Crippen LogP contribution is -2.44. The third-order valence-corrected chi connectivity index (χ3v) is 3.68. The van der Waals surface area contributed by atoms with Crippen LogP contribution in [0.4, 0.5) is 4.79 Å². The van der Waals surface area contributed by atoms with Crippen molar-refractivity contribution in [3.8, 4) is 0 Å². The van der Waals surface area contributed by atoms with Gasteiger partial charge in [0.1, 0.15) is 5.60 Å². The van der Waals surface area contributed by atoms with Gasteiger partial charge in [-0.1, -0.05) is 0 Å². The molecule has 0 aromatic carbocycles. The van der Waals surface area contributed by atoms with Gasteiger partial charge in [0.15, 0.2) is 0 Å². The molecule has 19 heavy (non-hydrogen) atoms. The molecule has 1 amide bonds. The third-order valence-electron chi connectivity index (χ3n) is 2.99. The summed E-state index contributed by atoms with van der Waals surface area (Å²) in [6.45, 7) is 7.33. The molecule has 1 aliphatic carbocycles. The standard InChI is InChI=1S/C14H28N2O2S/c1-14(2,3)18-13(17)16-10-12(11-6-7-11)15-8-5-9-19-4/h11-12,15H,5-10H2,1-4H3,(H,16,17). The van der Waals surface area contributed by atoms with Crippen molar-refractivity contribution in [2.24, 2.45) is 5.92 Å². The number of carbonyl (C=O) groups is 1. The molecule has 5 heteroatoms. The summed E-state index contributed by atoms with van der Waals surface area (Å²) in [5.74, 6) is 1.91. The number of amides is 1. The number of alkyl carbamates (subject to hydrolysis) is 1. The molecule has 1 fully saturated rings. The molecule has 0 bridgehead atoms. The van der Waals surface area contributed by atoms with Crippen molar-refractivity contribution in [3.05, 3.63) is 0 Å². The molecule has 4 nitrogen and oxygen atoms in total. The Morgan fingerprint density at radius 1 is 1.42 bits per heavy atom. The Balaban J connectivity index is 2.20. The minimum atomic E-state index is -0.426. The van der Waals surface area contributed by atoms with Gasteiger partial charge >= 0.3 is 6.09 Å². The van der Waals surface area contributed by atoms with Crippen molar-refractivity contribution in [2.45, 2.75) is 51.7 Å². The molecule has 0 spiro atoms. The van der Waals surface area contributed by atoms with Crippen LogP contribution in [0.3, 0.4) is 0 Å². The van der Waals surface area contributed by atoms with Gasteiger partial charge in [-0.3, -0.25) is 0 Å². The molecule has 1 rings (SSSR count). The molecule has 2 N–H and O–H groups in total. The summed E-state index contributed by atoms with van der Waals surface area (Å²) < 4.78 is 5.25. The maximum Gasteiger partial charge on any atom is 0.407 e. The Morgan fingerprint density at radius 2 is 2.11 bits per heavy atom. The van der Waals surface area contributed by atoms with Crippen LogP contribution >= 0.6 is 11.8 Å². The summed E-state index contributed by atoms with van der Waals surface area (Å²) in [5, 5.41) is 6.42. The van der Waals surface area contributed by atoms with Crippen LogP contribution in [0.25, 0.3) is 0 Å². The number of thioether (sulfide) groups is 1. The van der Waals surface area contributed by atoms with Crippen molar-refractivity contribution in [3.63, 3.8) is 0 Å². The van der Waals surface area contributed by atoms with Crippen molar-refractivity contribution in [1.29, 1.82) is 0 Å². The van der Waals surface area contributed by atoms with Gasteiger partial charge in [0, 0.05) is 12.6 Å². The average molecular weight is 288 g/mol. The van der Waals surface area contributed by atoms with Gasteiger partial charge in [0.25, 0.3) is 0 Å². The molecule has 112 valence electrons. The highest BCUT2D eigenvalue weighted by molar-refractivity contribution is 7.98. The second kappa shape index (κ2) is 8.00. The van der Waals surface area contributed by atoms with E-state index in [4.69, 9.17) is 4.74 Å². The van der Waals surface area contributed by atoms with E-state index >= 15 is 0 Å². The van der Waals surface area contributed by atoms with E-state index in [1.54, 1.807) is 0 Å². The Kier molecular flexibility index (Phi) is 7.00. The van der Waals surface area contributed by atoms with E-state index in [-0.39, 0.29) is 6.09 Å². The molecular weight excluding hydrogens is 260 g/mol. The minimum Gasteiger partial charge on any atom is -0.444 e. The second-order valence-electron chi connectivity index (χ2n) is 6.13. The lowest BCUT2D eigenvalue weighted by Gasteiger charge is -2.22. The summed E-state index contributed by atoms with van der Waals surface area (Å²) in [6, 6.07) is 0.398. The van der Waals surface area contributed by atoms with Gasteiger partial charge in [-0.05, 0) is 64.5 Å². The molecule has 1 unspecified atom stereocenters. The predicted octanol–water partition coefficient (Wildman–Crippen LogP) is 2.63. The van der Waals surface area contributed by atoms with Crippen LogP contribution in [0, 0.1) is 5.92 Å². The van der Waals surface area contributed by atoms with E-state index in [9.17, 15) is 4.79 Å². The largest absolute Gasteiger partial charge is 0.444 e. The highest BCUT2D eigenvalue weighted by atomic mass is 32.2. The Labute approximate surface area is 121 Å². The Bertz CT molecular complexity index is 275. The second-order valence-corrected chi connectivity index (χ2v) is 7.11. The molecule has 0 saturated heterocycles. The molecule has 1 saturated carbocycles. The highest BCUT2D eigenvalue weighted by Gasteiger charge is 2.31. The average Bonchev–Trinajstić information content (AvgIpc) is 3.09. The Morgan fingerprint density at radius 3 is 2.63 bits per heavy atom. The van der Waals surface area contributed by atoms with Gasteiger partial charge in [0.2, 0.25) is 0 Å². The van der Waals surface area contributed by atoms with Crippen molar-refractivity contribution in [2.75, 3.05) is 25.1 Å². The van der Waals surface area contributed by atoms with Crippen molar-refractivity contribution < 1.29 is 9.53 Å². The number of rotatable bonds is 8. The summed E-state index contributed by atoms with van der Waals surface area (Å²) in [4.78, 5) is 11.6. The van der Waals surface area contributed by atoms with Crippen LogP contribution < -0.4 is 10.6 Å². The van der Waals surface area contributed by atoms with Gasteiger partial charge < -0.3 is 15.4 Å². The zero-order valence-electron chi connectivity index (χ0n) is 12.6. The summed E-state index contributed by atoms with van der Waals surface area (Å²) in [6.07, 6.45) is 5.54. The zero-order chi connectivity index (χ0) is 14.3. The third kappa shape index (κ3) is 8.37. The highest BCUT2D eigenvalue weighted by Crippen LogP contribution is 2.32. The molecule has 0 aromatic rings. The van der Waals surface area contributed by atoms with Gasteiger partial charge in [-0.2, -0.15) is 11.8 Å². The van der Waals surface area contributed by atoms with Gasteiger partial charge in [0.05, 0.1) is 0 Å². The molecule has 1 aliphatic rings. The van der Waals surface area contributed by atoms with E-state index in [1.165, 1.54) is 25.0 Å². The van der Waals surface area contributed by atoms with Crippen LogP contribution in [-0.4, -0.2) is 42.8 Å². The number of hydrogen-bond donors (Lipinski definition) is 2. The summed E-state index contributed by atoms with van der Waals surface area (Å²) in [5.41, 5.74) is -0.426. The fraction of sp³-hybridized carbons (Fsp3) is 0.929. The van der Waals surface area contributed by atoms with E-state index in [1.807, 2.05) is 32.5 Å². The zero-order valence-corrected chi connectivity index (χ0v) is 13.4. The molecule has 0 radical (unpaired) electrons. The summed E-state index contributed by atoms with van der Waals surface area (Å²) in [7, 11) is 0. The first kappa shape index (κ1) is 16.6. The van der Waals surface area contributed by atoms with Crippen molar-refractivity contribution in [1.82, 2.24) is 10.6 Å². The quantitative estimate of drug-likeness (QED) is 0.674. The first-order valence-corrected chi connectivity index (χ1v) is 8.51. The van der Waals surface area contributed by atoms with E-state index in [0.29, 0.717) is 12.6 Å². The lowest BCUT2D eigenvalue weighted by atomic mass is 10.2. The normalized spacial score (nSPS) is 17.1. The maximum absolute atomic E-state index is 11.6. The molecule has 0 aliphatic heterocycles. The molecule has 1 atom stereocenters. The monoisotopic (exact) mass is 288 g/mol. The first-order valence-electron chi connectivity index (χ1n) is 7.11. The van der Waals surface area contributed by atoms with Crippen LogP contribution in [-0.2, 0) is 4.74 Å². The number of ether oxygens (including phenoxy) is 1. The maximum atomic E-state index is 11.6. The van der Waals surface area contributed by atoms with Gasteiger partial charge in [-0.25, -0.2) is 4.79 Å². The topological polar surface area (TPSA) is 50.4 Å². The van der Waals surface area contributed by atoms with Crippen LogP contribution in [0.2, 0.25) is 0 Å². The number of hydrogen-bond acceptors (Lipinski definition) is 4. The van der Waals surface area contributed by atoms with E-state index in [0.717, 1.165) is 12.5 Å². The van der Waals surface area contributed by atoms with Gasteiger partial charge in [-0.15, -0.1) is 0 Å². The van der Waals surface area contributed by atoms with Crippen molar-refractivity contribution >= 4 is 17.9 Å². The number of nitrogens with one attached hydrogen (secondary N) is 2.